The molecule has 0 bridgehead atoms. The number of carbonyl (C=O) groups excluding carboxylic acids is 1. The molecule has 2 aromatic carbocycles. The summed E-state index contributed by atoms with van der Waals surface area (Å²) in [5.74, 6) is -1.18. The molecule has 2 aliphatic rings. The average Bonchev–Trinajstić information content (AvgIpc) is 3.02. The molecule has 26 heavy (non-hydrogen) atoms. The predicted octanol–water partition coefficient (Wildman–Crippen LogP) is 3.90. The highest BCUT2D eigenvalue weighted by Crippen LogP contribution is 2.37. The van der Waals surface area contributed by atoms with Gasteiger partial charge in [0.15, 0.2) is 5.78 Å². The van der Waals surface area contributed by atoms with Crippen LogP contribution in [0.5, 0.6) is 0 Å². The fraction of sp³-hybridized carbons (Fsp3) is 0. The summed E-state index contributed by atoms with van der Waals surface area (Å²) in [6.07, 6.45) is 7.39. The van der Waals surface area contributed by atoms with E-state index in [1.54, 1.807) is 6.08 Å². The van der Waals surface area contributed by atoms with Crippen LogP contribution in [-0.2, 0) is 4.79 Å². The summed E-state index contributed by atoms with van der Waals surface area (Å²) in [5, 5.41) is 18.8. The van der Waals surface area contributed by atoms with Gasteiger partial charge in [0.05, 0.1) is 4.92 Å². The largest absolute Gasteiger partial charge is 0.477 e. The smallest absolute Gasteiger partial charge is 0.342 e. The zero-order valence-electron chi connectivity index (χ0n) is 13.5. The average molecular weight is 347 g/mol. The van der Waals surface area contributed by atoms with Crippen LogP contribution in [0.15, 0.2) is 72.3 Å². The molecule has 0 aromatic heterocycles. The zero-order chi connectivity index (χ0) is 18.7. The van der Waals surface area contributed by atoms with Gasteiger partial charge in [-0.05, 0) is 34.9 Å². The van der Waals surface area contributed by atoms with Crippen LogP contribution in [0.1, 0.15) is 21.5 Å². The van der Waals surface area contributed by atoms with Gasteiger partial charge in [0.1, 0.15) is 5.56 Å². The van der Waals surface area contributed by atoms with E-state index in [1.807, 2.05) is 36.4 Å². The molecule has 6 nitrogen and oxygen atoms in total. The van der Waals surface area contributed by atoms with Gasteiger partial charge in [-0.25, -0.2) is 4.79 Å². The number of nitro benzene ring substituents is 1. The van der Waals surface area contributed by atoms with E-state index in [0.717, 1.165) is 22.8 Å². The Kier molecular flexibility index (Phi) is 4.57. The van der Waals surface area contributed by atoms with E-state index in [9.17, 15) is 19.7 Å². The van der Waals surface area contributed by atoms with E-state index in [1.165, 1.54) is 23.8 Å². The summed E-state index contributed by atoms with van der Waals surface area (Å²) in [6, 6.07) is 13.3. The van der Waals surface area contributed by atoms with Crippen LogP contribution >= 0.6 is 0 Å². The number of allylic oxidation sites excluding steroid dienone is 5. The summed E-state index contributed by atoms with van der Waals surface area (Å²) in [4.78, 5) is 31.5. The van der Waals surface area contributed by atoms with E-state index < -0.39 is 10.9 Å². The molecule has 0 saturated heterocycles. The monoisotopic (exact) mass is 347 g/mol. The fourth-order valence-corrected chi connectivity index (χ4v) is 2.77. The van der Waals surface area contributed by atoms with Crippen molar-refractivity contribution in [1.29, 1.82) is 0 Å². The van der Waals surface area contributed by atoms with Crippen LogP contribution in [-0.4, -0.2) is 21.8 Å². The minimum Gasteiger partial charge on any atom is -0.477 e. The summed E-state index contributed by atoms with van der Waals surface area (Å²) in [5.41, 5.74) is 3.53. The van der Waals surface area contributed by atoms with E-state index in [4.69, 9.17) is 5.11 Å². The maximum Gasteiger partial charge on any atom is 0.342 e. The minimum atomic E-state index is -1.29. The van der Waals surface area contributed by atoms with E-state index in [-0.39, 0.29) is 17.0 Å². The lowest BCUT2D eigenvalue weighted by Gasteiger charge is -2.06. The van der Waals surface area contributed by atoms with E-state index >= 15 is 0 Å². The molecule has 0 unspecified atom stereocenters. The Morgan fingerprint density at radius 1 is 1.00 bits per heavy atom. The topological polar surface area (TPSA) is 97.5 Å². The molecule has 0 aliphatic heterocycles. The van der Waals surface area contributed by atoms with Crippen molar-refractivity contribution in [2.75, 3.05) is 0 Å². The first-order valence-corrected chi connectivity index (χ1v) is 7.70. The summed E-state index contributed by atoms with van der Waals surface area (Å²) in [6.45, 7) is 0. The third kappa shape index (κ3) is 3.21. The SMILES string of the molecule is O=C(O)c1ccccc1[N+](=O)[O-].O=C1C=CC=C2C1=Cc1ccccc12. The Labute approximate surface area is 148 Å². The van der Waals surface area contributed by atoms with Crippen molar-refractivity contribution in [2.45, 2.75) is 0 Å². The molecule has 2 aromatic rings. The van der Waals surface area contributed by atoms with Gasteiger partial charge < -0.3 is 5.11 Å². The van der Waals surface area contributed by atoms with Gasteiger partial charge in [-0.1, -0.05) is 48.6 Å². The highest BCUT2D eigenvalue weighted by atomic mass is 16.6. The molecule has 0 heterocycles. The molecule has 4 rings (SSSR count). The van der Waals surface area contributed by atoms with E-state index in [0.29, 0.717) is 0 Å². The van der Waals surface area contributed by atoms with Crippen LogP contribution in [0.4, 0.5) is 5.69 Å². The second kappa shape index (κ2) is 6.98. The molecule has 128 valence electrons. The molecular weight excluding hydrogens is 334 g/mol. The van der Waals surface area contributed by atoms with Gasteiger partial charge in [0.2, 0.25) is 0 Å². The number of benzene rings is 2. The molecule has 0 fully saturated rings. The zero-order valence-corrected chi connectivity index (χ0v) is 13.5. The molecule has 0 saturated carbocycles. The first kappa shape index (κ1) is 17.0. The first-order chi connectivity index (χ1) is 12.5. The maximum absolute atomic E-state index is 11.5. The number of nitro groups is 1. The second-order valence-electron chi connectivity index (χ2n) is 5.53. The van der Waals surface area contributed by atoms with Gasteiger partial charge in [0, 0.05) is 11.6 Å². The van der Waals surface area contributed by atoms with Crippen LogP contribution in [0, 0.1) is 10.1 Å². The number of para-hydroxylation sites is 1. The number of carboxylic acids is 1. The van der Waals surface area contributed by atoms with Gasteiger partial charge in [-0.2, -0.15) is 0 Å². The number of hydrogen-bond donors (Lipinski definition) is 1. The third-order valence-corrected chi connectivity index (χ3v) is 3.95. The van der Waals surface area contributed by atoms with Crippen LogP contribution < -0.4 is 0 Å². The number of aromatic carboxylic acids is 1. The Balaban J connectivity index is 0.000000153. The van der Waals surface area contributed by atoms with Crippen LogP contribution in [0.2, 0.25) is 0 Å². The molecular formula is C20H13NO5. The van der Waals surface area contributed by atoms with Crippen molar-refractivity contribution in [3.8, 4) is 0 Å². The van der Waals surface area contributed by atoms with Gasteiger partial charge in [0.25, 0.3) is 5.69 Å². The first-order valence-electron chi connectivity index (χ1n) is 7.70. The van der Waals surface area contributed by atoms with Crippen molar-refractivity contribution >= 4 is 29.1 Å². The lowest BCUT2D eigenvalue weighted by molar-refractivity contribution is -0.385. The number of carboxylic acid groups (broad SMARTS) is 1. The number of carbonyl (C=O) groups is 2. The van der Waals surface area contributed by atoms with Crippen molar-refractivity contribution in [3.63, 3.8) is 0 Å². The highest BCUT2D eigenvalue weighted by molar-refractivity contribution is 6.23. The van der Waals surface area contributed by atoms with Gasteiger partial charge in [-0.3, -0.25) is 14.9 Å². The maximum atomic E-state index is 11.5. The molecule has 2 aliphatic carbocycles. The summed E-state index contributed by atoms with van der Waals surface area (Å²) in [7, 11) is 0. The van der Waals surface area contributed by atoms with Gasteiger partial charge >= 0.3 is 5.97 Å². The number of ketones is 1. The normalized spacial score (nSPS) is 13.6. The Morgan fingerprint density at radius 2 is 1.69 bits per heavy atom. The fourth-order valence-electron chi connectivity index (χ4n) is 2.77. The minimum absolute atomic E-state index is 0.110. The van der Waals surface area contributed by atoms with Crippen molar-refractivity contribution in [2.24, 2.45) is 0 Å². The molecule has 1 N–H and O–H groups in total. The molecule has 0 atom stereocenters. The summed E-state index contributed by atoms with van der Waals surface area (Å²) < 4.78 is 0. The lowest BCUT2D eigenvalue weighted by atomic mass is 9.96. The van der Waals surface area contributed by atoms with Crippen LogP contribution in [0.25, 0.3) is 11.6 Å². The number of rotatable bonds is 2. The van der Waals surface area contributed by atoms with Crippen LogP contribution in [0.3, 0.4) is 0 Å². The van der Waals surface area contributed by atoms with Crippen molar-refractivity contribution < 1.29 is 19.6 Å². The summed E-state index contributed by atoms with van der Waals surface area (Å²) >= 11 is 0. The third-order valence-electron chi connectivity index (χ3n) is 3.95. The standard InChI is InChI=1S/C13H8O.C7H5NO4/c14-13-7-3-6-11-10-5-2-1-4-9(10)8-12(11)13;9-7(10)5-3-1-2-4-6(5)8(11)12/h1-8H;1-4H,(H,9,10). The van der Waals surface area contributed by atoms with Gasteiger partial charge in [-0.15, -0.1) is 0 Å². The highest BCUT2D eigenvalue weighted by Gasteiger charge is 2.23. The Hall–Kier alpha value is -3.80. The van der Waals surface area contributed by atoms with Crippen molar-refractivity contribution in [1.82, 2.24) is 0 Å². The molecule has 0 spiro atoms. The molecule has 6 heteroatoms. The number of fused-ring (bicyclic) bond motifs is 3. The number of hydrogen-bond acceptors (Lipinski definition) is 4. The molecule has 0 amide bonds. The Bertz CT molecular complexity index is 981. The lowest BCUT2D eigenvalue weighted by Crippen LogP contribution is -2.01. The molecule has 0 radical (unpaired) electrons. The second-order valence-corrected chi connectivity index (χ2v) is 5.53. The Morgan fingerprint density at radius 3 is 2.38 bits per heavy atom. The quantitative estimate of drug-likeness (QED) is 0.656. The van der Waals surface area contributed by atoms with Crippen molar-refractivity contribution in [3.05, 3.63) is 99.1 Å². The predicted molar refractivity (Wildman–Crippen MR) is 96.6 cm³/mol. The van der Waals surface area contributed by atoms with E-state index in [2.05, 4.69) is 6.07 Å². The number of nitrogens with zero attached hydrogens (tertiary/aromatic N) is 1.